The highest BCUT2D eigenvalue weighted by molar-refractivity contribution is 6.30. The molecule has 4 heteroatoms. The molecule has 0 heterocycles. The maximum atomic E-state index is 12.0. The van der Waals surface area contributed by atoms with E-state index in [-0.39, 0.29) is 17.4 Å². The third-order valence-corrected chi connectivity index (χ3v) is 3.16. The van der Waals surface area contributed by atoms with Crippen molar-refractivity contribution in [3.63, 3.8) is 0 Å². The van der Waals surface area contributed by atoms with Gasteiger partial charge >= 0.3 is 0 Å². The molecule has 100 valence electrons. The first-order valence-corrected chi connectivity index (χ1v) is 6.41. The van der Waals surface area contributed by atoms with Crippen molar-refractivity contribution in [2.75, 3.05) is 0 Å². The molecule has 0 aliphatic rings. The molecule has 1 amide bonds. The summed E-state index contributed by atoms with van der Waals surface area (Å²) in [6.45, 7) is 7.75. The third-order valence-electron chi connectivity index (χ3n) is 2.92. The predicted molar refractivity (Wildman–Crippen MR) is 75.4 cm³/mol. The van der Waals surface area contributed by atoms with Crippen molar-refractivity contribution in [1.29, 1.82) is 0 Å². The normalized spacial score (nSPS) is 15.0. The molecule has 0 saturated heterocycles. The van der Waals surface area contributed by atoms with Crippen LogP contribution in [0.15, 0.2) is 24.3 Å². The molecule has 1 rings (SSSR count). The van der Waals surface area contributed by atoms with Gasteiger partial charge in [0.15, 0.2) is 0 Å². The highest BCUT2D eigenvalue weighted by Crippen LogP contribution is 2.20. The molecule has 3 nitrogen and oxygen atoms in total. The van der Waals surface area contributed by atoms with Gasteiger partial charge < -0.3 is 11.1 Å². The number of hydrogen-bond acceptors (Lipinski definition) is 2. The lowest BCUT2D eigenvalue weighted by Gasteiger charge is -2.27. The maximum Gasteiger partial charge on any atom is 0.237 e. The van der Waals surface area contributed by atoms with Gasteiger partial charge in [0.1, 0.15) is 0 Å². The van der Waals surface area contributed by atoms with E-state index in [0.29, 0.717) is 5.02 Å². The minimum absolute atomic E-state index is 0.107. The molecule has 0 aliphatic heterocycles. The van der Waals surface area contributed by atoms with Gasteiger partial charge in [-0.2, -0.15) is 0 Å². The van der Waals surface area contributed by atoms with Gasteiger partial charge in [-0.25, -0.2) is 0 Å². The number of amides is 1. The molecular weight excluding hydrogens is 248 g/mol. The first kappa shape index (κ1) is 15.0. The summed E-state index contributed by atoms with van der Waals surface area (Å²) in [5.74, 6) is -0.144. The largest absolute Gasteiger partial charge is 0.348 e. The fraction of sp³-hybridized carbons (Fsp3) is 0.500. The van der Waals surface area contributed by atoms with Crippen LogP contribution in [0, 0.1) is 5.41 Å². The summed E-state index contributed by atoms with van der Waals surface area (Å²) in [4.78, 5) is 12.0. The molecule has 0 radical (unpaired) electrons. The van der Waals surface area contributed by atoms with Crippen LogP contribution in [0.25, 0.3) is 0 Å². The Bertz CT molecular complexity index is 426. The van der Waals surface area contributed by atoms with Gasteiger partial charge in [0.2, 0.25) is 5.91 Å². The van der Waals surface area contributed by atoms with Crippen molar-refractivity contribution in [2.24, 2.45) is 11.1 Å². The number of halogens is 1. The van der Waals surface area contributed by atoms with E-state index in [1.807, 2.05) is 45.9 Å². The highest BCUT2D eigenvalue weighted by Gasteiger charge is 2.28. The number of nitrogens with two attached hydrogens (primary N) is 1. The SMILES string of the molecule is C[C@H](NC(=O)[C@H](N)C(C)(C)C)c1cccc(Cl)c1. The average Bonchev–Trinajstić information content (AvgIpc) is 2.26. The van der Waals surface area contributed by atoms with E-state index in [1.54, 1.807) is 6.07 Å². The second-order valence-corrected chi connectivity index (χ2v) is 6.07. The molecule has 2 atom stereocenters. The van der Waals surface area contributed by atoms with Crippen LogP contribution in [-0.4, -0.2) is 11.9 Å². The molecule has 1 aromatic rings. The number of rotatable bonds is 3. The van der Waals surface area contributed by atoms with Gasteiger partial charge in [-0.1, -0.05) is 44.5 Å². The Kier molecular flexibility index (Phi) is 4.77. The average molecular weight is 269 g/mol. The molecule has 0 aromatic heterocycles. The highest BCUT2D eigenvalue weighted by atomic mass is 35.5. The van der Waals surface area contributed by atoms with Gasteiger partial charge in [-0.3, -0.25) is 4.79 Å². The van der Waals surface area contributed by atoms with Gasteiger partial charge in [-0.05, 0) is 30.0 Å². The Morgan fingerprint density at radius 3 is 2.50 bits per heavy atom. The first-order chi connectivity index (χ1) is 8.21. The first-order valence-electron chi connectivity index (χ1n) is 6.03. The van der Waals surface area contributed by atoms with E-state index in [9.17, 15) is 4.79 Å². The zero-order valence-electron chi connectivity index (χ0n) is 11.3. The van der Waals surface area contributed by atoms with Crippen LogP contribution in [0.3, 0.4) is 0 Å². The van der Waals surface area contributed by atoms with Crippen LogP contribution in [0.5, 0.6) is 0 Å². The second kappa shape index (κ2) is 5.72. The van der Waals surface area contributed by atoms with Crippen LogP contribution in [-0.2, 0) is 4.79 Å². The van der Waals surface area contributed by atoms with E-state index in [2.05, 4.69) is 5.32 Å². The van der Waals surface area contributed by atoms with E-state index < -0.39 is 6.04 Å². The number of hydrogen-bond donors (Lipinski definition) is 2. The maximum absolute atomic E-state index is 12.0. The lowest BCUT2D eigenvalue weighted by molar-refractivity contribution is -0.125. The van der Waals surface area contributed by atoms with Crippen LogP contribution in [0.1, 0.15) is 39.3 Å². The summed E-state index contributed by atoms with van der Waals surface area (Å²) < 4.78 is 0. The van der Waals surface area contributed by atoms with Gasteiger partial charge in [0, 0.05) is 5.02 Å². The second-order valence-electron chi connectivity index (χ2n) is 5.63. The van der Waals surface area contributed by atoms with Crippen molar-refractivity contribution in [3.05, 3.63) is 34.9 Å². The van der Waals surface area contributed by atoms with Crippen molar-refractivity contribution >= 4 is 17.5 Å². The van der Waals surface area contributed by atoms with Crippen molar-refractivity contribution in [1.82, 2.24) is 5.32 Å². The zero-order chi connectivity index (χ0) is 13.9. The minimum atomic E-state index is -0.529. The van der Waals surface area contributed by atoms with Gasteiger partial charge in [-0.15, -0.1) is 0 Å². The van der Waals surface area contributed by atoms with E-state index in [0.717, 1.165) is 5.56 Å². The molecule has 3 N–H and O–H groups in total. The van der Waals surface area contributed by atoms with Crippen LogP contribution in [0.4, 0.5) is 0 Å². The Balaban J connectivity index is 2.71. The number of nitrogens with one attached hydrogen (secondary N) is 1. The smallest absolute Gasteiger partial charge is 0.237 e. The van der Waals surface area contributed by atoms with Gasteiger partial charge in [0.05, 0.1) is 12.1 Å². The van der Waals surface area contributed by atoms with E-state index in [1.165, 1.54) is 0 Å². The predicted octanol–water partition coefficient (Wildman–Crippen LogP) is 2.89. The van der Waals surface area contributed by atoms with Gasteiger partial charge in [0.25, 0.3) is 0 Å². The Morgan fingerprint density at radius 1 is 1.39 bits per heavy atom. The summed E-state index contributed by atoms with van der Waals surface area (Å²) in [5.41, 5.74) is 6.63. The number of carbonyl (C=O) groups excluding carboxylic acids is 1. The standard InChI is InChI=1S/C14H21ClN2O/c1-9(10-6-5-7-11(15)8-10)17-13(18)12(16)14(2,3)4/h5-9,12H,16H2,1-4H3,(H,17,18)/t9-,12-/m0/s1. The summed E-state index contributed by atoms with van der Waals surface area (Å²) >= 11 is 5.92. The molecule has 0 fully saturated rings. The summed E-state index contributed by atoms with van der Waals surface area (Å²) in [7, 11) is 0. The zero-order valence-corrected chi connectivity index (χ0v) is 12.1. The van der Waals surface area contributed by atoms with Crippen LogP contribution in [0.2, 0.25) is 5.02 Å². The molecule has 0 saturated carbocycles. The number of carbonyl (C=O) groups is 1. The Labute approximate surface area is 114 Å². The molecule has 0 unspecified atom stereocenters. The summed E-state index contributed by atoms with van der Waals surface area (Å²) in [6.07, 6.45) is 0. The lowest BCUT2D eigenvalue weighted by atomic mass is 9.86. The minimum Gasteiger partial charge on any atom is -0.348 e. The number of benzene rings is 1. The molecule has 1 aromatic carbocycles. The Morgan fingerprint density at radius 2 is 2.00 bits per heavy atom. The van der Waals surface area contributed by atoms with Crippen LogP contribution < -0.4 is 11.1 Å². The molecular formula is C14H21ClN2O. The van der Waals surface area contributed by atoms with Crippen LogP contribution >= 0.6 is 11.6 Å². The van der Waals surface area contributed by atoms with Crippen molar-refractivity contribution in [3.8, 4) is 0 Å². The molecule has 0 spiro atoms. The summed E-state index contributed by atoms with van der Waals surface area (Å²) in [5, 5.41) is 3.57. The fourth-order valence-electron chi connectivity index (χ4n) is 1.56. The lowest BCUT2D eigenvalue weighted by Crippen LogP contribution is -2.49. The molecule has 18 heavy (non-hydrogen) atoms. The molecule has 0 aliphatic carbocycles. The van der Waals surface area contributed by atoms with E-state index >= 15 is 0 Å². The third kappa shape index (κ3) is 4.00. The monoisotopic (exact) mass is 268 g/mol. The Hall–Kier alpha value is -1.06. The fourth-order valence-corrected chi connectivity index (χ4v) is 1.75. The topological polar surface area (TPSA) is 55.1 Å². The summed E-state index contributed by atoms with van der Waals surface area (Å²) in [6, 6.07) is 6.81. The quantitative estimate of drug-likeness (QED) is 0.886. The molecule has 0 bridgehead atoms. The van der Waals surface area contributed by atoms with Crippen molar-refractivity contribution in [2.45, 2.75) is 39.8 Å². The van der Waals surface area contributed by atoms with Crippen molar-refractivity contribution < 1.29 is 4.79 Å². The van der Waals surface area contributed by atoms with E-state index in [4.69, 9.17) is 17.3 Å².